The molecule has 0 amide bonds. The summed E-state index contributed by atoms with van der Waals surface area (Å²) >= 11 is 0. The minimum atomic E-state index is -0.211. The molecule has 0 spiro atoms. The van der Waals surface area contributed by atoms with Crippen LogP contribution < -0.4 is 15.0 Å². The van der Waals surface area contributed by atoms with Crippen LogP contribution in [-0.4, -0.2) is 32.8 Å². The summed E-state index contributed by atoms with van der Waals surface area (Å²) in [4.78, 5) is 2.16. The van der Waals surface area contributed by atoms with Crippen LogP contribution in [0.25, 0.3) is 0 Å². The fourth-order valence-electron chi connectivity index (χ4n) is 1.92. The Kier molecular flexibility index (Phi) is 3.62. The van der Waals surface area contributed by atoms with Crippen molar-refractivity contribution >= 4 is 5.69 Å². The molecule has 3 nitrogen and oxygen atoms in total. The molecule has 0 aromatic heterocycles. The van der Waals surface area contributed by atoms with Crippen molar-refractivity contribution in [2.24, 2.45) is 0 Å². The first-order valence-electron chi connectivity index (χ1n) is 5.69. The molecule has 0 saturated carbocycles. The van der Waals surface area contributed by atoms with Crippen LogP contribution in [0.3, 0.4) is 0 Å². The molecule has 0 unspecified atom stereocenters. The van der Waals surface area contributed by atoms with E-state index < -0.39 is 0 Å². The summed E-state index contributed by atoms with van der Waals surface area (Å²) in [5.74, 6) is 0.558. The molecule has 1 heterocycles. The smallest absolute Gasteiger partial charge is 0.142 e. The van der Waals surface area contributed by atoms with Gasteiger partial charge in [0.05, 0.1) is 12.3 Å². The molecule has 1 aliphatic heterocycles. The average Bonchev–Trinajstić information content (AvgIpc) is 2.33. The molecule has 0 radical (unpaired) electrons. The normalized spacial score (nSPS) is 16.2. The monoisotopic (exact) mass is 224 g/mol. The zero-order valence-corrected chi connectivity index (χ0v) is 9.50. The van der Waals surface area contributed by atoms with Gasteiger partial charge < -0.3 is 15.0 Å². The van der Waals surface area contributed by atoms with E-state index in [4.69, 9.17) is 4.74 Å². The van der Waals surface area contributed by atoms with E-state index in [1.54, 1.807) is 12.1 Å². The van der Waals surface area contributed by atoms with E-state index in [0.717, 1.165) is 37.6 Å². The fourth-order valence-corrected chi connectivity index (χ4v) is 1.92. The summed E-state index contributed by atoms with van der Waals surface area (Å²) in [6.07, 6.45) is 0. The topological polar surface area (TPSA) is 24.5 Å². The first-order valence-corrected chi connectivity index (χ1v) is 5.69. The SMILES string of the molecule is CCOc1ccc(F)cc1N1CCNCC1. The lowest BCUT2D eigenvalue weighted by molar-refractivity contribution is 0.339. The van der Waals surface area contributed by atoms with Crippen LogP contribution in [0, 0.1) is 5.82 Å². The van der Waals surface area contributed by atoms with E-state index in [2.05, 4.69) is 10.2 Å². The molecule has 16 heavy (non-hydrogen) atoms. The molecule has 1 fully saturated rings. The van der Waals surface area contributed by atoms with E-state index in [1.165, 1.54) is 6.07 Å². The lowest BCUT2D eigenvalue weighted by Crippen LogP contribution is -2.43. The minimum absolute atomic E-state index is 0.211. The van der Waals surface area contributed by atoms with Gasteiger partial charge in [-0.1, -0.05) is 0 Å². The summed E-state index contributed by atoms with van der Waals surface area (Å²) in [5.41, 5.74) is 0.864. The highest BCUT2D eigenvalue weighted by molar-refractivity contribution is 5.59. The van der Waals surface area contributed by atoms with Gasteiger partial charge in [0, 0.05) is 32.2 Å². The molecular formula is C12H17FN2O. The number of ether oxygens (including phenoxy) is 1. The standard InChI is InChI=1S/C12H17FN2O/c1-2-16-12-4-3-10(13)9-11(12)15-7-5-14-6-8-15/h3-4,9,14H,2,5-8H2,1H3. The predicted octanol–water partition coefficient (Wildman–Crippen LogP) is 1.63. The molecule has 1 aromatic rings. The Morgan fingerprint density at radius 1 is 1.38 bits per heavy atom. The molecule has 0 aliphatic carbocycles. The zero-order chi connectivity index (χ0) is 11.4. The molecule has 1 N–H and O–H groups in total. The van der Waals surface area contributed by atoms with Crippen molar-refractivity contribution in [2.75, 3.05) is 37.7 Å². The van der Waals surface area contributed by atoms with Gasteiger partial charge in [0.15, 0.2) is 0 Å². The second-order valence-electron chi connectivity index (χ2n) is 3.78. The Morgan fingerprint density at radius 2 is 2.12 bits per heavy atom. The largest absolute Gasteiger partial charge is 0.492 e. The van der Waals surface area contributed by atoms with Crippen LogP contribution in [0.5, 0.6) is 5.75 Å². The molecule has 88 valence electrons. The van der Waals surface area contributed by atoms with Crippen molar-refractivity contribution in [3.63, 3.8) is 0 Å². The Morgan fingerprint density at radius 3 is 2.81 bits per heavy atom. The van der Waals surface area contributed by atoms with Gasteiger partial charge in [-0.15, -0.1) is 0 Å². The van der Waals surface area contributed by atoms with Crippen molar-refractivity contribution in [1.29, 1.82) is 0 Å². The number of piperazine rings is 1. The second-order valence-corrected chi connectivity index (χ2v) is 3.78. The van der Waals surface area contributed by atoms with Crippen LogP contribution in [-0.2, 0) is 0 Å². The third-order valence-corrected chi connectivity index (χ3v) is 2.68. The van der Waals surface area contributed by atoms with Gasteiger partial charge in [0.2, 0.25) is 0 Å². The van der Waals surface area contributed by atoms with E-state index in [0.29, 0.717) is 6.61 Å². The zero-order valence-electron chi connectivity index (χ0n) is 9.50. The Balaban J connectivity index is 2.24. The number of rotatable bonds is 3. The first kappa shape index (κ1) is 11.2. The number of halogens is 1. The van der Waals surface area contributed by atoms with Crippen LogP contribution >= 0.6 is 0 Å². The van der Waals surface area contributed by atoms with Crippen molar-refractivity contribution in [3.05, 3.63) is 24.0 Å². The fraction of sp³-hybridized carbons (Fsp3) is 0.500. The third-order valence-electron chi connectivity index (χ3n) is 2.68. The van der Waals surface area contributed by atoms with Crippen LogP contribution in [0.4, 0.5) is 10.1 Å². The molecular weight excluding hydrogens is 207 g/mol. The summed E-state index contributed by atoms with van der Waals surface area (Å²) in [7, 11) is 0. The number of benzene rings is 1. The maximum Gasteiger partial charge on any atom is 0.142 e. The number of nitrogens with one attached hydrogen (secondary N) is 1. The lowest BCUT2D eigenvalue weighted by atomic mass is 10.2. The molecule has 4 heteroatoms. The molecule has 0 atom stereocenters. The predicted molar refractivity (Wildman–Crippen MR) is 62.7 cm³/mol. The van der Waals surface area contributed by atoms with Crippen LogP contribution in [0.1, 0.15) is 6.92 Å². The van der Waals surface area contributed by atoms with Crippen molar-refractivity contribution in [2.45, 2.75) is 6.92 Å². The van der Waals surface area contributed by atoms with Gasteiger partial charge in [-0.25, -0.2) is 4.39 Å². The lowest BCUT2D eigenvalue weighted by Gasteiger charge is -2.30. The van der Waals surface area contributed by atoms with Gasteiger partial charge in [-0.05, 0) is 19.1 Å². The van der Waals surface area contributed by atoms with Gasteiger partial charge >= 0.3 is 0 Å². The van der Waals surface area contributed by atoms with Crippen molar-refractivity contribution < 1.29 is 9.13 Å². The number of hydrogen-bond donors (Lipinski definition) is 1. The van der Waals surface area contributed by atoms with Crippen molar-refractivity contribution in [1.82, 2.24) is 5.32 Å². The summed E-state index contributed by atoms with van der Waals surface area (Å²) in [6, 6.07) is 4.70. The number of hydrogen-bond acceptors (Lipinski definition) is 3. The summed E-state index contributed by atoms with van der Waals surface area (Å²) in [6.45, 7) is 6.19. The maximum atomic E-state index is 13.2. The number of anilines is 1. The van der Waals surface area contributed by atoms with Crippen LogP contribution in [0.2, 0.25) is 0 Å². The minimum Gasteiger partial charge on any atom is -0.492 e. The second kappa shape index (κ2) is 5.16. The molecule has 1 saturated heterocycles. The Hall–Kier alpha value is -1.29. The van der Waals surface area contributed by atoms with E-state index in [9.17, 15) is 4.39 Å². The average molecular weight is 224 g/mol. The van der Waals surface area contributed by atoms with Gasteiger partial charge in [0.1, 0.15) is 11.6 Å². The van der Waals surface area contributed by atoms with E-state index >= 15 is 0 Å². The highest BCUT2D eigenvalue weighted by atomic mass is 19.1. The highest BCUT2D eigenvalue weighted by Gasteiger charge is 2.15. The summed E-state index contributed by atoms with van der Waals surface area (Å²) < 4.78 is 18.8. The van der Waals surface area contributed by atoms with Gasteiger partial charge in [-0.3, -0.25) is 0 Å². The van der Waals surface area contributed by atoms with Gasteiger partial charge in [0.25, 0.3) is 0 Å². The quantitative estimate of drug-likeness (QED) is 0.844. The molecule has 2 rings (SSSR count). The molecule has 1 aromatic carbocycles. The third kappa shape index (κ3) is 2.44. The molecule has 1 aliphatic rings. The Labute approximate surface area is 95.2 Å². The highest BCUT2D eigenvalue weighted by Crippen LogP contribution is 2.29. The number of nitrogens with zero attached hydrogens (tertiary/aromatic N) is 1. The van der Waals surface area contributed by atoms with Crippen molar-refractivity contribution in [3.8, 4) is 5.75 Å². The van der Waals surface area contributed by atoms with E-state index in [1.807, 2.05) is 6.92 Å². The van der Waals surface area contributed by atoms with Crippen LogP contribution in [0.15, 0.2) is 18.2 Å². The first-order chi connectivity index (χ1) is 7.81. The summed E-state index contributed by atoms with van der Waals surface area (Å²) in [5, 5.41) is 3.27. The van der Waals surface area contributed by atoms with E-state index in [-0.39, 0.29) is 5.82 Å². The maximum absolute atomic E-state index is 13.2. The molecule has 0 bridgehead atoms. The Bertz CT molecular complexity index is 351. The van der Waals surface area contributed by atoms with Gasteiger partial charge in [-0.2, -0.15) is 0 Å².